The Morgan fingerprint density at radius 2 is 1.77 bits per heavy atom. The van der Waals surface area contributed by atoms with E-state index in [0.717, 1.165) is 4.47 Å². The van der Waals surface area contributed by atoms with Gasteiger partial charge in [-0.2, -0.15) is 0 Å². The molecule has 0 radical (unpaired) electrons. The van der Waals surface area contributed by atoms with Gasteiger partial charge in [-0.1, -0.05) is 46.3 Å². The molecule has 0 unspecified atom stereocenters. The molecule has 2 rings (SSSR count). The van der Waals surface area contributed by atoms with E-state index in [0.29, 0.717) is 5.69 Å². The van der Waals surface area contributed by atoms with Crippen molar-refractivity contribution >= 4 is 27.5 Å². The first-order valence-electron chi connectivity index (χ1n) is 6.38. The number of nitrogens with zero attached hydrogens (tertiary/aromatic N) is 1. The molecule has 0 aromatic heterocycles. The van der Waals surface area contributed by atoms with Crippen LogP contribution in [0.5, 0.6) is 0 Å². The Labute approximate surface area is 135 Å². The summed E-state index contributed by atoms with van der Waals surface area (Å²) in [5.74, 6) is -0.849. The van der Waals surface area contributed by atoms with E-state index in [4.69, 9.17) is 0 Å². The Balaban J connectivity index is 2.34. The van der Waals surface area contributed by atoms with Crippen molar-refractivity contribution in [1.29, 1.82) is 0 Å². The van der Waals surface area contributed by atoms with Gasteiger partial charge in [0.25, 0.3) is 5.91 Å². The minimum Gasteiger partial charge on any atom is -0.370 e. The molecular weight excluding hydrogens is 352 g/mol. The highest BCUT2D eigenvalue weighted by atomic mass is 79.9. The van der Waals surface area contributed by atoms with Gasteiger partial charge < -0.3 is 10.4 Å². The zero-order valence-corrected chi connectivity index (χ0v) is 13.0. The van der Waals surface area contributed by atoms with Crippen LogP contribution in [0.1, 0.15) is 5.56 Å². The van der Waals surface area contributed by atoms with E-state index in [-0.39, 0.29) is 5.56 Å². The second kappa shape index (κ2) is 6.67. The van der Waals surface area contributed by atoms with E-state index in [1.54, 1.807) is 42.5 Å². The van der Waals surface area contributed by atoms with Crippen molar-refractivity contribution < 1.29 is 14.8 Å². The Hall–Kier alpha value is -2.25. The lowest BCUT2D eigenvalue weighted by atomic mass is 9.92. The standard InChI is InChI=1S/C15H13BrN2O4/c16-12-8-6-11(7-9-12)15(20,10-18(21)22)14(19)17-13-4-2-1-3-5-13/h1-9,20H,10H2,(H,17,19)/t15-/m1/s1. The monoisotopic (exact) mass is 364 g/mol. The molecule has 0 heterocycles. The molecule has 22 heavy (non-hydrogen) atoms. The SMILES string of the molecule is O=C(Nc1ccccc1)[C@@](O)(C[N+](=O)[O-])c1ccc(Br)cc1. The Kier molecular flexibility index (Phi) is 4.89. The number of carbonyl (C=O) groups excluding carboxylic acids is 1. The lowest BCUT2D eigenvalue weighted by Gasteiger charge is -2.23. The van der Waals surface area contributed by atoms with E-state index in [9.17, 15) is 20.0 Å². The molecule has 0 spiro atoms. The maximum Gasteiger partial charge on any atom is 0.268 e. The number of rotatable bonds is 5. The van der Waals surface area contributed by atoms with E-state index in [1.807, 2.05) is 0 Å². The molecule has 6 nitrogen and oxygen atoms in total. The largest absolute Gasteiger partial charge is 0.370 e. The number of anilines is 1. The van der Waals surface area contributed by atoms with Crippen LogP contribution in [-0.2, 0) is 10.4 Å². The molecule has 7 heteroatoms. The number of carbonyl (C=O) groups is 1. The summed E-state index contributed by atoms with van der Waals surface area (Å²) in [6.07, 6.45) is 0. The average molecular weight is 365 g/mol. The van der Waals surface area contributed by atoms with E-state index >= 15 is 0 Å². The van der Waals surface area contributed by atoms with Gasteiger partial charge in [-0.3, -0.25) is 14.9 Å². The Morgan fingerprint density at radius 3 is 2.32 bits per heavy atom. The summed E-state index contributed by atoms with van der Waals surface area (Å²) >= 11 is 3.24. The number of aliphatic hydroxyl groups is 1. The van der Waals surface area contributed by atoms with Gasteiger partial charge in [0.2, 0.25) is 12.1 Å². The van der Waals surface area contributed by atoms with Crippen molar-refractivity contribution in [2.45, 2.75) is 5.60 Å². The highest BCUT2D eigenvalue weighted by Gasteiger charge is 2.43. The van der Waals surface area contributed by atoms with Gasteiger partial charge in [0.05, 0.1) is 0 Å². The highest BCUT2D eigenvalue weighted by molar-refractivity contribution is 9.10. The normalized spacial score (nSPS) is 13.2. The van der Waals surface area contributed by atoms with Gasteiger partial charge in [-0.25, -0.2) is 0 Å². The molecule has 0 aliphatic rings. The first kappa shape index (κ1) is 16.1. The van der Waals surface area contributed by atoms with Crippen LogP contribution in [0.4, 0.5) is 5.69 Å². The summed E-state index contributed by atoms with van der Waals surface area (Å²) in [6.45, 7) is -0.923. The van der Waals surface area contributed by atoms with Crippen LogP contribution < -0.4 is 5.32 Å². The summed E-state index contributed by atoms with van der Waals surface area (Å²) in [5.41, 5.74) is -1.65. The Morgan fingerprint density at radius 1 is 1.18 bits per heavy atom. The van der Waals surface area contributed by atoms with Crippen molar-refractivity contribution in [2.24, 2.45) is 0 Å². The summed E-state index contributed by atoms with van der Waals surface area (Å²) in [4.78, 5) is 22.5. The second-order valence-electron chi connectivity index (χ2n) is 4.68. The number of nitrogens with one attached hydrogen (secondary N) is 1. The van der Waals surface area contributed by atoms with Crippen molar-refractivity contribution in [3.05, 3.63) is 74.7 Å². The molecule has 1 atom stereocenters. The number of benzene rings is 2. The van der Waals surface area contributed by atoms with Gasteiger partial charge >= 0.3 is 0 Å². The van der Waals surface area contributed by atoms with Crippen LogP contribution in [0.3, 0.4) is 0 Å². The van der Waals surface area contributed by atoms with E-state index < -0.39 is 23.0 Å². The summed E-state index contributed by atoms with van der Waals surface area (Å²) in [7, 11) is 0. The lowest BCUT2D eigenvalue weighted by molar-refractivity contribution is -0.498. The van der Waals surface area contributed by atoms with Crippen LogP contribution >= 0.6 is 15.9 Å². The lowest BCUT2D eigenvalue weighted by Crippen LogP contribution is -2.45. The first-order valence-corrected chi connectivity index (χ1v) is 7.18. The average Bonchev–Trinajstić information content (AvgIpc) is 2.48. The van der Waals surface area contributed by atoms with Crippen LogP contribution in [-0.4, -0.2) is 22.5 Å². The highest BCUT2D eigenvalue weighted by Crippen LogP contribution is 2.25. The molecule has 0 saturated carbocycles. The van der Waals surface area contributed by atoms with Gasteiger partial charge in [0, 0.05) is 15.1 Å². The topological polar surface area (TPSA) is 92.5 Å². The third kappa shape index (κ3) is 3.69. The van der Waals surface area contributed by atoms with Crippen molar-refractivity contribution in [3.8, 4) is 0 Å². The molecule has 2 N–H and O–H groups in total. The van der Waals surface area contributed by atoms with Crippen LogP contribution in [0, 0.1) is 10.1 Å². The van der Waals surface area contributed by atoms with Gasteiger partial charge in [-0.15, -0.1) is 0 Å². The molecule has 0 bridgehead atoms. The van der Waals surface area contributed by atoms with Crippen LogP contribution in [0.2, 0.25) is 0 Å². The number of hydrogen-bond donors (Lipinski definition) is 2. The molecule has 1 amide bonds. The number of para-hydroxylation sites is 1. The molecule has 0 aliphatic heterocycles. The number of amides is 1. The van der Waals surface area contributed by atoms with Crippen molar-refractivity contribution in [1.82, 2.24) is 0 Å². The van der Waals surface area contributed by atoms with Gasteiger partial charge in [0.1, 0.15) is 0 Å². The molecule has 0 saturated heterocycles. The molecule has 0 aliphatic carbocycles. The predicted molar refractivity (Wildman–Crippen MR) is 85.0 cm³/mol. The maximum atomic E-state index is 12.4. The maximum absolute atomic E-state index is 12.4. The number of hydrogen-bond acceptors (Lipinski definition) is 4. The molecule has 2 aromatic carbocycles. The van der Waals surface area contributed by atoms with Gasteiger partial charge in [0.15, 0.2) is 0 Å². The van der Waals surface area contributed by atoms with Crippen molar-refractivity contribution in [2.75, 3.05) is 11.9 Å². The fourth-order valence-corrected chi connectivity index (χ4v) is 2.23. The zero-order valence-electron chi connectivity index (χ0n) is 11.4. The molecule has 114 valence electrons. The third-order valence-electron chi connectivity index (χ3n) is 3.09. The minimum atomic E-state index is -2.25. The van der Waals surface area contributed by atoms with E-state index in [2.05, 4.69) is 21.2 Å². The quantitative estimate of drug-likeness (QED) is 0.629. The minimum absolute atomic E-state index is 0.154. The summed E-state index contributed by atoms with van der Waals surface area (Å²) in [5, 5.41) is 24.0. The predicted octanol–water partition coefficient (Wildman–Crippen LogP) is 2.55. The molecule has 2 aromatic rings. The van der Waals surface area contributed by atoms with Crippen LogP contribution in [0.15, 0.2) is 59.1 Å². The fraction of sp³-hybridized carbons (Fsp3) is 0.133. The zero-order chi connectivity index (χ0) is 16.2. The smallest absolute Gasteiger partial charge is 0.268 e. The number of halogens is 1. The second-order valence-corrected chi connectivity index (χ2v) is 5.59. The molecule has 0 fully saturated rings. The summed E-state index contributed by atoms with van der Waals surface area (Å²) < 4.78 is 0.739. The van der Waals surface area contributed by atoms with E-state index in [1.165, 1.54) is 12.1 Å². The van der Waals surface area contributed by atoms with Crippen LogP contribution in [0.25, 0.3) is 0 Å². The first-order chi connectivity index (χ1) is 10.4. The summed E-state index contributed by atoms with van der Waals surface area (Å²) in [6, 6.07) is 14.6. The number of nitro groups is 1. The van der Waals surface area contributed by atoms with Gasteiger partial charge in [-0.05, 0) is 29.8 Å². The molecular formula is C15H13BrN2O4. The van der Waals surface area contributed by atoms with Crippen molar-refractivity contribution in [3.63, 3.8) is 0 Å². The third-order valence-corrected chi connectivity index (χ3v) is 3.62. The fourth-order valence-electron chi connectivity index (χ4n) is 1.96. The Bertz CT molecular complexity index is 676.